The molecule has 1 N–H and O–H groups in total. The van der Waals surface area contributed by atoms with Gasteiger partial charge in [-0.1, -0.05) is 24.3 Å². The summed E-state index contributed by atoms with van der Waals surface area (Å²) in [5.41, 5.74) is 4.81. The molecule has 1 aliphatic heterocycles. The van der Waals surface area contributed by atoms with Gasteiger partial charge in [0, 0.05) is 58.7 Å². The molecular weight excluding hydrogens is 350 g/mol. The third-order valence-electron chi connectivity index (χ3n) is 5.44. The number of hydrogen-bond donors (Lipinski definition) is 1. The molecule has 1 fully saturated rings. The van der Waals surface area contributed by atoms with Gasteiger partial charge in [-0.05, 0) is 30.3 Å². The molecular formula is C22H27N5O. The SMILES string of the molecule is CN1CCN(Cc2ccc(CN(C)C(=O)c3cnc4cc[nH]c4c3)cc2)CC1. The Bertz CT molecular complexity index is 941. The predicted octanol–water partition coefficient (Wildman–Crippen LogP) is 2.58. The number of H-pyrrole nitrogens is 1. The number of pyridine rings is 1. The lowest BCUT2D eigenvalue weighted by Crippen LogP contribution is -2.43. The van der Waals surface area contributed by atoms with Crippen molar-refractivity contribution >= 4 is 16.9 Å². The van der Waals surface area contributed by atoms with Gasteiger partial charge in [-0.15, -0.1) is 0 Å². The normalized spacial score (nSPS) is 15.8. The van der Waals surface area contributed by atoms with Gasteiger partial charge >= 0.3 is 0 Å². The number of hydrogen-bond acceptors (Lipinski definition) is 4. The van der Waals surface area contributed by atoms with Crippen molar-refractivity contribution < 1.29 is 4.79 Å². The average molecular weight is 377 g/mol. The van der Waals surface area contributed by atoms with Crippen LogP contribution in [0.25, 0.3) is 11.0 Å². The number of nitrogens with zero attached hydrogens (tertiary/aromatic N) is 4. The summed E-state index contributed by atoms with van der Waals surface area (Å²) >= 11 is 0. The van der Waals surface area contributed by atoms with E-state index in [1.165, 1.54) is 5.56 Å². The molecule has 0 atom stereocenters. The van der Waals surface area contributed by atoms with Gasteiger partial charge < -0.3 is 14.8 Å². The number of benzene rings is 1. The first-order chi connectivity index (χ1) is 13.6. The highest BCUT2D eigenvalue weighted by molar-refractivity contribution is 5.96. The number of aromatic nitrogens is 2. The fourth-order valence-electron chi connectivity index (χ4n) is 3.63. The van der Waals surface area contributed by atoms with Gasteiger partial charge in [-0.25, -0.2) is 0 Å². The topological polar surface area (TPSA) is 55.5 Å². The molecule has 0 aliphatic carbocycles. The molecule has 0 spiro atoms. The molecule has 3 aromatic rings. The number of piperazine rings is 1. The van der Waals surface area contributed by atoms with Gasteiger partial charge in [0.1, 0.15) is 0 Å². The van der Waals surface area contributed by atoms with Crippen molar-refractivity contribution in [2.45, 2.75) is 13.1 Å². The largest absolute Gasteiger partial charge is 0.360 e. The van der Waals surface area contributed by atoms with Crippen LogP contribution >= 0.6 is 0 Å². The van der Waals surface area contributed by atoms with E-state index in [1.807, 2.05) is 25.4 Å². The summed E-state index contributed by atoms with van der Waals surface area (Å²) in [5, 5.41) is 0. The summed E-state index contributed by atoms with van der Waals surface area (Å²) in [5.74, 6) is -0.0227. The molecule has 0 unspecified atom stereocenters. The van der Waals surface area contributed by atoms with Crippen molar-refractivity contribution in [1.82, 2.24) is 24.7 Å². The van der Waals surface area contributed by atoms with Gasteiger partial charge in [0.25, 0.3) is 5.91 Å². The lowest BCUT2D eigenvalue weighted by atomic mass is 10.1. The van der Waals surface area contributed by atoms with E-state index in [-0.39, 0.29) is 5.91 Å². The van der Waals surface area contributed by atoms with E-state index >= 15 is 0 Å². The summed E-state index contributed by atoms with van der Waals surface area (Å²) in [7, 11) is 4.01. The Kier molecular flexibility index (Phi) is 5.41. The van der Waals surface area contributed by atoms with Gasteiger partial charge in [-0.3, -0.25) is 14.7 Å². The van der Waals surface area contributed by atoms with Crippen LogP contribution < -0.4 is 0 Å². The van der Waals surface area contributed by atoms with Gasteiger partial charge in [0.05, 0.1) is 16.6 Å². The minimum Gasteiger partial charge on any atom is -0.360 e. The van der Waals surface area contributed by atoms with Crippen molar-refractivity contribution in [1.29, 1.82) is 0 Å². The van der Waals surface area contributed by atoms with Gasteiger partial charge in [0.2, 0.25) is 0 Å². The molecule has 6 nitrogen and oxygen atoms in total. The average Bonchev–Trinajstić information content (AvgIpc) is 3.18. The highest BCUT2D eigenvalue weighted by atomic mass is 16.2. The Labute approximate surface area is 165 Å². The fourth-order valence-corrected chi connectivity index (χ4v) is 3.63. The molecule has 6 heteroatoms. The number of fused-ring (bicyclic) bond motifs is 1. The standard InChI is InChI=1S/C22H27N5O/c1-25-9-11-27(12-10-25)16-18-5-3-17(4-6-18)15-26(2)22(28)19-13-21-20(24-14-19)7-8-23-21/h3-8,13-14,23H,9-12,15-16H2,1-2H3. The van der Waals surface area contributed by atoms with E-state index in [0.29, 0.717) is 12.1 Å². The summed E-state index contributed by atoms with van der Waals surface area (Å²) in [6.45, 7) is 6.08. The van der Waals surface area contributed by atoms with Crippen LogP contribution in [0.1, 0.15) is 21.5 Å². The van der Waals surface area contributed by atoms with Crippen molar-refractivity contribution in [3.05, 3.63) is 65.5 Å². The second kappa shape index (κ2) is 8.12. The molecule has 2 aromatic heterocycles. The Hall–Kier alpha value is -2.70. The summed E-state index contributed by atoms with van der Waals surface area (Å²) in [4.78, 5) is 26.8. The van der Waals surface area contributed by atoms with Crippen molar-refractivity contribution in [3.8, 4) is 0 Å². The first-order valence-electron chi connectivity index (χ1n) is 9.76. The van der Waals surface area contributed by atoms with E-state index in [0.717, 1.165) is 49.3 Å². The smallest absolute Gasteiger partial charge is 0.255 e. The highest BCUT2D eigenvalue weighted by Crippen LogP contribution is 2.15. The molecule has 146 valence electrons. The lowest BCUT2D eigenvalue weighted by Gasteiger charge is -2.32. The maximum atomic E-state index is 12.7. The molecule has 1 saturated heterocycles. The molecule has 0 bridgehead atoms. The lowest BCUT2D eigenvalue weighted by molar-refractivity contribution is 0.0785. The first kappa shape index (κ1) is 18.7. The molecule has 1 aliphatic rings. The Morgan fingerprint density at radius 2 is 1.82 bits per heavy atom. The summed E-state index contributed by atoms with van der Waals surface area (Å²) in [6, 6.07) is 12.4. The van der Waals surface area contributed by atoms with Crippen molar-refractivity contribution in [2.24, 2.45) is 0 Å². The Morgan fingerprint density at radius 3 is 2.57 bits per heavy atom. The predicted molar refractivity (Wildman–Crippen MR) is 111 cm³/mol. The second-order valence-electron chi connectivity index (χ2n) is 7.69. The Morgan fingerprint density at radius 1 is 1.11 bits per heavy atom. The van der Waals surface area contributed by atoms with Crippen LogP contribution in [0, 0.1) is 0 Å². The van der Waals surface area contributed by atoms with Crippen LogP contribution in [0.5, 0.6) is 0 Å². The molecule has 1 aromatic carbocycles. The number of amides is 1. The zero-order valence-electron chi connectivity index (χ0n) is 16.6. The first-order valence-corrected chi connectivity index (χ1v) is 9.76. The Balaban J connectivity index is 1.36. The third-order valence-corrected chi connectivity index (χ3v) is 5.44. The van der Waals surface area contributed by atoms with Crippen LogP contribution in [0.15, 0.2) is 48.8 Å². The number of rotatable bonds is 5. The number of carbonyl (C=O) groups excluding carboxylic acids is 1. The fraction of sp³-hybridized carbons (Fsp3) is 0.364. The maximum absolute atomic E-state index is 12.7. The van der Waals surface area contributed by atoms with E-state index in [2.05, 4.69) is 51.1 Å². The van der Waals surface area contributed by atoms with Crippen molar-refractivity contribution in [2.75, 3.05) is 40.3 Å². The maximum Gasteiger partial charge on any atom is 0.255 e. The summed E-state index contributed by atoms with van der Waals surface area (Å²) in [6.07, 6.45) is 3.48. The second-order valence-corrected chi connectivity index (χ2v) is 7.69. The minimum atomic E-state index is -0.0227. The molecule has 0 saturated carbocycles. The van der Waals surface area contributed by atoms with Gasteiger partial charge in [0.15, 0.2) is 0 Å². The van der Waals surface area contributed by atoms with E-state index in [1.54, 1.807) is 11.1 Å². The van der Waals surface area contributed by atoms with E-state index < -0.39 is 0 Å². The zero-order valence-corrected chi connectivity index (χ0v) is 16.6. The van der Waals surface area contributed by atoms with Crippen LogP contribution in [0.3, 0.4) is 0 Å². The van der Waals surface area contributed by atoms with E-state index in [4.69, 9.17) is 0 Å². The van der Waals surface area contributed by atoms with Gasteiger partial charge in [-0.2, -0.15) is 0 Å². The quantitative estimate of drug-likeness (QED) is 0.743. The number of carbonyl (C=O) groups is 1. The van der Waals surface area contributed by atoms with Crippen molar-refractivity contribution in [3.63, 3.8) is 0 Å². The van der Waals surface area contributed by atoms with E-state index in [9.17, 15) is 4.79 Å². The number of nitrogens with one attached hydrogen (secondary N) is 1. The molecule has 4 rings (SSSR count). The highest BCUT2D eigenvalue weighted by Gasteiger charge is 2.15. The monoisotopic (exact) mass is 377 g/mol. The molecule has 1 amide bonds. The molecule has 28 heavy (non-hydrogen) atoms. The van der Waals surface area contributed by atoms with Crippen LogP contribution in [-0.4, -0.2) is 70.8 Å². The van der Waals surface area contributed by atoms with Crippen LogP contribution in [0.2, 0.25) is 0 Å². The summed E-state index contributed by atoms with van der Waals surface area (Å²) < 4.78 is 0. The molecule has 0 radical (unpaired) electrons. The minimum absolute atomic E-state index is 0.0227. The van der Waals surface area contributed by atoms with Crippen LogP contribution in [-0.2, 0) is 13.1 Å². The molecule has 3 heterocycles. The third kappa shape index (κ3) is 4.24. The van der Waals surface area contributed by atoms with Crippen LogP contribution in [0.4, 0.5) is 0 Å². The number of likely N-dealkylation sites (N-methyl/N-ethyl adjacent to an activating group) is 1. The zero-order chi connectivity index (χ0) is 19.5. The number of aromatic amines is 1.